The van der Waals surface area contributed by atoms with Crippen LogP contribution in [0, 0.1) is 6.92 Å². The molecule has 2 atom stereocenters. The Kier molecular flexibility index (Phi) is 2.56. The zero-order valence-electron chi connectivity index (χ0n) is 8.73. The molecule has 1 fully saturated rings. The van der Waals surface area contributed by atoms with Crippen molar-refractivity contribution in [3.8, 4) is 0 Å². The van der Waals surface area contributed by atoms with Crippen LogP contribution in [0.1, 0.15) is 30.5 Å². The van der Waals surface area contributed by atoms with Gasteiger partial charge in [-0.15, -0.1) is 0 Å². The van der Waals surface area contributed by atoms with Crippen LogP contribution in [0.15, 0.2) is 10.6 Å². The summed E-state index contributed by atoms with van der Waals surface area (Å²) in [6.45, 7) is 2.90. The monoisotopic (exact) mass is 195 g/mol. The number of aryl methyl sites for hydroxylation is 1. The third-order valence-corrected chi connectivity index (χ3v) is 2.88. The zero-order chi connectivity index (χ0) is 10.1. The summed E-state index contributed by atoms with van der Waals surface area (Å²) in [5.74, 6) is 1.67. The average Bonchev–Trinajstić information content (AvgIpc) is 2.56. The number of oxazole rings is 1. The highest BCUT2D eigenvalue weighted by atomic mass is 16.4. The number of piperidine rings is 1. The van der Waals surface area contributed by atoms with E-state index in [-0.39, 0.29) is 0 Å². The van der Waals surface area contributed by atoms with Gasteiger partial charge in [0.1, 0.15) is 5.76 Å². The topological polar surface area (TPSA) is 55.3 Å². The first kappa shape index (κ1) is 9.68. The van der Waals surface area contributed by atoms with Gasteiger partial charge < -0.3 is 10.2 Å². The fourth-order valence-corrected chi connectivity index (χ4v) is 1.98. The Labute approximate surface area is 84.1 Å². The average molecular weight is 195 g/mol. The van der Waals surface area contributed by atoms with E-state index >= 15 is 0 Å². The number of likely N-dealkylation sites (tertiary alicyclic amines) is 1. The Bertz CT molecular complexity index is 310. The van der Waals surface area contributed by atoms with Crippen LogP contribution in [0.4, 0.5) is 0 Å². The first-order valence-electron chi connectivity index (χ1n) is 5.05. The molecule has 0 amide bonds. The van der Waals surface area contributed by atoms with Crippen LogP contribution in [0.5, 0.6) is 0 Å². The molecule has 2 N–H and O–H groups in total. The summed E-state index contributed by atoms with van der Waals surface area (Å²) in [5, 5.41) is 0. The van der Waals surface area contributed by atoms with Gasteiger partial charge in [-0.1, -0.05) is 0 Å². The van der Waals surface area contributed by atoms with Crippen LogP contribution in [0.25, 0.3) is 0 Å². The summed E-state index contributed by atoms with van der Waals surface area (Å²) in [6, 6.07) is 0.599. The number of hydrogen-bond donors (Lipinski definition) is 1. The summed E-state index contributed by atoms with van der Waals surface area (Å²) in [7, 11) is 2.11. The molecule has 4 heteroatoms. The van der Waals surface area contributed by atoms with E-state index in [4.69, 9.17) is 10.2 Å². The fourth-order valence-electron chi connectivity index (χ4n) is 1.98. The number of rotatable bonds is 1. The molecular formula is C10H17N3O. The molecule has 1 aromatic heterocycles. The van der Waals surface area contributed by atoms with E-state index in [2.05, 4.69) is 16.9 Å². The SMILES string of the molecule is Cc1ncc(C2CC(N)CCN2C)o1. The van der Waals surface area contributed by atoms with E-state index in [1.54, 1.807) is 0 Å². The molecule has 0 bridgehead atoms. The van der Waals surface area contributed by atoms with Gasteiger partial charge >= 0.3 is 0 Å². The second kappa shape index (κ2) is 3.71. The van der Waals surface area contributed by atoms with Crippen LogP contribution in [0.2, 0.25) is 0 Å². The van der Waals surface area contributed by atoms with Crippen molar-refractivity contribution < 1.29 is 4.42 Å². The third-order valence-electron chi connectivity index (χ3n) is 2.88. The van der Waals surface area contributed by atoms with Crippen LogP contribution >= 0.6 is 0 Å². The highest BCUT2D eigenvalue weighted by Gasteiger charge is 2.27. The maximum atomic E-state index is 5.94. The van der Waals surface area contributed by atoms with Crippen molar-refractivity contribution in [2.75, 3.05) is 13.6 Å². The van der Waals surface area contributed by atoms with Crippen molar-refractivity contribution in [1.82, 2.24) is 9.88 Å². The van der Waals surface area contributed by atoms with Crippen LogP contribution in [0.3, 0.4) is 0 Å². The molecule has 0 radical (unpaired) electrons. The minimum Gasteiger partial charge on any atom is -0.444 e. The molecule has 1 aliphatic heterocycles. The Balaban J connectivity index is 2.15. The predicted octanol–water partition coefficient (Wildman–Crippen LogP) is 1.08. The maximum absolute atomic E-state index is 5.94. The van der Waals surface area contributed by atoms with Crippen molar-refractivity contribution in [1.29, 1.82) is 0 Å². The Morgan fingerprint density at radius 3 is 3.07 bits per heavy atom. The Morgan fingerprint density at radius 1 is 1.64 bits per heavy atom. The van der Waals surface area contributed by atoms with Crippen molar-refractivity contribution in [3.63, 3.8) is 0 Å². The molecule has 2 heterocycles. The third kappa shape index (κ3) is 1.81. The largest absolute Gasteiger partial charge is 0.444 e. The fraction of sp³-hybridized carbons (Fsp3) is 0.700. The van der Waals surface area contributed by atoms with E-state index in [1.807, 2.05) is 13.1 Å². The number of nitrogens with zero attached hydrogens (tertiary/aromatic N) is 2. The summed E-state index contributed by atoms with van der Waals surface area (Å²) in [5.41, 5.74) is 5.94. The van der Waals surface area contributed by atoms with Crippen LogP contribution in [-0.2, 0) is 0 Å². The van der Waals surface area contributed by atoms with E-state index in [0.29, 0.717) is 12.1 Å². The molecule has 0 aliphatic carbocycles. The Morgan fingerprint density at radius 2 is 2.43 bits per heavy atom. The molecule has 2 unspecified atom stereocenters. The van der Waals surface area contributed by atoms with Gasteiger partial charge in [-0.3, -0.25) is 4.90 Å². The second-order valence-corrected chi connectivity index (χ2v) is 4.06. The summed E-state index contributed by atoms with van der Waals surface area (Å²) >= 11 is 0. The lowest BCUT2D eigenvalue weighted by atomic mass is 9.97. The molecule has 78 valence electrons. The van der Waals surface area contributed by atoms with E-state index in [1.165, 1.54) is 0 Å². The van der Waals surface area contributed by atoms with Gasteiger partial charge in [0.05, 0.1) is 12.2 Å². The minimum absolute atomic E-state index is 0.293. The van der Waals surface area contributed by atoms with Gasteiger partial charge in [0.15, 0.2) is 5.89 Å². The van der Waals surface area contributed by atoms with Crippen molar-refractivity contribution in [2.45, 2.75) is 31.8 Å². The molecule has 2 rings (SSSR count). The highest BCUT2D eigenvalue weighted by molar-refractivity contribution is 5.03. The molecule has 0 aromatic carbocycles. The lowest BCUT2D eigenvalue weighted by Crippen LogP contribution is -2.39. The molecule has 4 nitrogen and oxygen atoms in total. The summed E-state index contributed by atoms with van der Waals surface area (Å²) in [4.78, 5) is 6.40. The first-order valence-corrected chi connectivity index (χ1v) is 5.05. The summed E-state index contributed by atoms with van der Waals surface area (Å²) < 4.78 is 5.53. The molecule has 14 heavy (non-hydrogen) atoms. The normalized spacial score (nSPS) is 29.4. The lowest BCUT2D eigenvalue weighted by molar-refractivity contribution is 0.149. The quantitative estimate of drug-likeness (QED) is 0.728. The lowest BCUT2D eigenvalue weighted by Gasteiger charge is -2.34. The van der Waals surface area contributed by atoms with E-state index < -0.39 is 0 Å². The van der Waals surface area contributed by atoms with Gasteiger partial charge in [0.2, 0.25) is 0 Å². The highest BCUT2D eigenvalue weighted by Crippen LogP contribution is 2.29. The van der Waals surface area contributed by atoms with Crippen LogP contribution in [-0.4, -0.2) is 29.5 Å². The van der Waals surface area contributed by atoms with Gasteiger partial charge in [0, 0.05) is 19.5 Å². The molecule has 0 saturated carbocycles. The summed E-state index contributed by atoms with van der Waals surface area (Å²) in [6.07, 6.45) is 3.85. The first-order chi connectivity index (χ1) is 6.66. The second-order valence-electron chi connectivity index (χ2n) is 4.06. The van der Waals surface area contributed by atoms with Gasteiger partial charge in [-0.2, -0.15) is 0 Å². The predicted molar refractivity (Wildman–Crippen MR) is 53.8 cm³/mol. The van der Waals surface area contributed by atoms with Gasteiger partial charge in [-0.25, -0.2) is 4.98 Å². The van der Waals surface area contributed by atoms with Gasteiger partial charge in [-0.05, 0) is 19.9 Å². The zero-order valence-corrected chi connectivity index (χ0v) is 8.73. The standard InChI is InChI=1S/C10H17N3O/c1-7-12-6-10(14-7)9-5-8(11)3-4-13(9)2/h6,8-9H,3-5,11H2,1-2H3. The minimum atomic E-state index is 0.293. The number of hydrogen-bond acceptors (Lipinski definition) is 4. The molecule has 1 aliphatic rings. The van der Waals surface area contributed by atoms with Crippen LogP contribution < -0.4 is 5.73 Å². The van der Waals surface area contributed by atoms with Crippen molar-refractivity contribution in [3.05, 3.63) is 17.8 Å². The number of aromatic nitrogens is 1. The molecular weight excluding hydrogens is 178 g/mol. The number of nitrogens with two attached hydrogens (primary N) is 1. The maximum Gasteiger partial charge on any atom is 0.191 e. The molecule has 1 saturated heterocycles. The molecule has 1 aromatic rings. The van der Waals surface area contributed by atoms with Gasteiger partial charge in [0.25, 0.3) is 0 Å². The molecule has 0 spiro atoms. The van der Waals surface area contributed by atoms with E-state index in [9.17, 15) is 0 Å². The van der Waals surface area contributed by atoms with Crippen molar-refractivity contribution >= 4 is 0 Å². The smallest absolute Gasteiger partial charge is 0.191 e. The van der Waals surface area contributed by atoms with E-state index in [0.717, 1.165) is 31.0 Å². The van der Waals surface area contributed by atoms with Crippen molar-refractivity contribution in [2.24, 2.45) is 5.73 Å². The Hall–Kier alpha value is -0.870.